The first-order valence-corrected chi connectivity index (χ1v) is 6.76. The second-order valence-electron chi connectivity index (χ2n) is 6.65. The molecule has 0 spiro atoms. The summed E-state index contributed by atoms with van der Waals surface area (Å²) < 4.78 is 6.23. The van der Waals surface area contributed by atoms with Gasteiger partial charge in [0.05, 0.1) is 17.8 Å². The number of ether oxygens (including phenoxy) is 1. The number of hydrogen-bond donors (Lipinski definition) is 1. The third kappa shape index (κ3) is 4.44. The van der Waals surface area contributed by atoms with Crippen LogP contribution in [-0.4, -0.2) is 22.9 Å². The van der Waals surface area contributed by atoms with Crippen molar-refractivity contribution in [2.45, 2.75) is 78.1 Å². The van der Waals surface area contributed by atoms with Gasteiger partial charge in [-0.1, -0.05) is 45.8 Å². The molecule has 0 amide bonds. The molecule has 0 heterocycles. The van der Waals surface area contributed by atoms with E-state index < -0.39 is 0 Å². The zero-order valence-corrected chi connectivity index (χ0v) is 12.0. The molecule has 0 aliphatic heterocycles. The number of aliphatic hydroxyl groups excluding tert-OH is 1. The minimum Gasteiger partial charge on any atom is -0.389 e. The fourth-order valence-corrected chi connectivity index (χ4v) is 1.80. The van der Waals surface area contributed by atoms with Crippen LogP contribution in [0.4, 0.5) is 0 Å². The molecular formula is C15H28O2. The van der Waals surface area contributed by atoms with E-state index >= 15 is 0 Å². The van der Waals surface area contributed by atoms with E-state index in [1.807, 2.05) is 12.2 Å². The molecule has 2 nitrogen and oxygen atoms in total. The molecule has 1 rings (SSSR count). The maximum Gasteiger partial charge on any atom is 0.0764 e. The molecule has 100 valence electrons. The van der Waals surface area contributed by atoms with Gasteiger partial charge in [-0.3, -0.25) is 0 Å². The van der Waals surface area contributed by atoms with E-state index in [2.05, 4.69) is 34.6 Å². The molecule has 0 saturated heterocycles. The second-order valence-corrected chi connectivity index (χ2v) is 6.65. The van der Waals surface area contributed by atoms with Crippen molar-refractivity contribution in [1.29, 1.82) is 0 Å². The first-order chi connectivity index (χ1) is 7.72. The Morgan fingerprint density at radius 3 is 2.18 bits per heavy atom. The van der Waals surface area contributed by atoms with Gasteiger partial charge in [0.15, 0.2) is 0 Å². The number of hydrogen-bond acceptors (Lipinski definition) is 2. The average molecular weight is 240 g/mol. The van der Waals surface area contributed by atoms with E-state index in [4.69, 9.17) is 4.74 Å². The standard InChI is InChI=1S/C15H28O2/c1-14(2,3)15(4,5)17-13-9-7-6-8-12(16)10-11-13/h10-13,16H,6-9H2,1-5H3/b11-10-. The highest BCUT2D eigenvalue weighted by molar-refractivity contribution is 4.98. The molecule has 17 heavy (non-hydrogen) atoms. The zero-order chi connectivity index (χ0) is 13.1. The van der Waals surface area contributed by atoms with Crippen LogP contribution in [0.25, 0.3) is 0 Å². The maximum atomic E-state index is 9.65. The Morgan fingerprint density at radius 2 is 1.59 bits per heavy atom. The SMILES string of the molecule is CC(C)(C)C(C)(C)OC1/C=C\C(O)CCCC1. The Hall–Kier alpha value is -0.340. The molecule has 1 aliphatic rings. The van der Waals surface area contributed by atoms with E-state index in [0.717, 1.165) is 25.7 Å². The Bertz CT molecular complexity index is 261. The van der Waals surface area contributed by atoms with Gasteiger partial charge in [0.1, 0.15) is 0 Å². The summed E-state index contributed by atoms with van der Waals surface area (Å²) in [5.74, 6) is 0. The lowest BCUT2D eigenvalue weighted by Crippen LogP contribution is -2.42. The van der Waals surface area contributed by atoms with Gasteiger partial charge in [-0.15, -0.1) is 0 Å². The third-order valence-corrected chi connectivity index (χ3v) is 4.04. The van der Waals surface area contributed by atoms with E-state index in [1.54, 1.807) is 0 Å². The van der Waals surface area contributed by atoms with Crippen LogP contribution in [0.2, 0.25) is 0 Å². The molecular weight excluding hydrogens is 212 g/mol. The van der Waals surface area contributed by atoms with Crippen molar-refractivity contribution in [3.8, 4) is 0 Å². The van der Waals surface area contributed by atoms with Crippen LogP contribution >= 0.6 is 0 Å². The summed E-state index contributed by atoms with van der Waals surface area (Å²) >= 11 is 0. The van der Waals surface area contributed by atoms with E-state index in [9.17, 15) is 5.11 Å². The summed E-state index contributed by atoms with van der Waals surface area (Å²) in [7, 11) is 0. The zero-order valence-electron chi connectivity index (χ0n) is 12.0. The van der Waals surface area contributed by atoms with Crippen molar-refractivity contribution in [3.05, 3.63) is 12.2 Å². The van der Waals surface area contributed by atoms with Crippen LogP contribution in [0.15, 0.2) is 12.2 Å². The molecule has 2 unspecified atom stereocenters. The summed E-state index contributed by atoms with van der Waals surface area (Å²) in [5, 5.41) is 9.65. The first-order valence-electron chi connectivity index (χ1n) is 6.76. The lowest BCUT2D eigenvalue weighted by atomic mass is 9.79. The van der Waals surface area contributed by atoms with Gasteiger partial charge in [0, 0.05) is 0 Å². The van der Waals surface area contributed by atoms with Gasteiger partial charge in [-0.25, -0.2) is 0 Å². The predicted molar refractivity (Wildman–Crippen MR) is 72.0 cm³/mol. The highest BCUT2D eigenvalue weighted by Crippen LogP contribution is 2.35. The van der Waals surface area contributed by atoms with Crippen LogP contribution in [-0.2, 0) is 4.74 Å². The first kappa shape index (κ1) is 14.7. The smallest absolute Gasteiger partial charge is 0.0764 e. The Balaban J connectivity index is 2.66. The molecule has 2 atom stereocenters. The van der Waals surface area contributed by atoms with Gasteiger partial charge in [-0.2, -0.15) is 0 Å². The lowest BCUT2D eigenvalue weighted by molar-refractivity contribution is -0.118. The summed E-state index contributed by atoms with van der Waals surface area (Å²) in [6, 6.07) is 0. The van der Waals surface area contributed by atoms with E-state index in [1.165, 1.54) is 0 Å². The van der Waals surface area contributed by atoms with Crippen LogP contribution in [0.1, 0.15) is 60.3 Å². The Morgan fingerprint density at radius 1 is 1.00 bits per heavy atom. The maximum absolute atomic E-state index is 9.65. The molecule has 0 aromatic carbocycles. The average Bonchev–Trinajstić information content (AvgIpc) is 2.15. The lowest BCUT2D eigenvalue weighted by Gasteiger charge is -2.41. The fourth-order valence-electron chi connectivity index (χ4n) is 1.80. The fraction of sp³-hybridized carbons (Fsp3) is 0.867. The largest absolute Gasteiger partial charge is 0.389 e. The van der Waals surface area contributed by atoms with Crippen molar-refractivity contribution in [3.63, 3.8) is 0 Å². The van der Waals surface area contributed by atoms with Crippen molar-refractivity contribution < 1.29 is 9.84 Å². The quantitative estimate of drug-likeness (QED) is 0.746. The van der Waals surface area contributed by atoms with Crippen LogP contribution in [0.5, 0.6) is 0 Å². The predicted octanol–water partition coefficient (Wildman–Crippen LogP) is 3.69. The van der Waals surface area contributed by atoms with E-state index in [-0.39, 0.29) is 23.2 Å². The number of aliphatic hydroxyl groups is 1. The molecule has 1 N–H and O–H groups in total. The number of rotatable bonds is 2. The third-order valence-electron chi connectivity index (χ3n) is 4.04. The summed E-state index contributed by atoms with van der Waals surface area (Å²) in [6.07, 6.45) is 7.93. The van der Waals surface area contributed by atoms with Gasteiger partial charge in [0.25, 0.3) is 0 Å². The summed E-state index contributed by atoms with van der Waals surface area (Å²) in [4.78, 5) is 0. The van der Waals surface area contributed by atoms with Crippen LogP contribution in [0.3, 0.4) is 0 Å². The highest BCUT2D eigenvalue weighted by atomic mass is 16.5. The molecule has 0 saturated carbocycles. The highest BCUT2D eigenvalue weighted by Gasteiger charge is 2.35. The minimum absolute atomic E-state index is 0.113. The Kier molecular flexibility index (Phi) is 4.79. The molecule has 0 aromatic rings. The monoisotopic (exact) mass is 240 g/mol. The summed E-state index contributed by atoms with van der Waals surface area (Å²) in [5.41, 5.74) is -0.0476. The second kappa shape index (κ2) is 5.53. The van der Waals surface area contributed by atoms with Crippen molar-refractivity contribution >= 4 is 0 Å². The molecule has 1 aliphatic carbocycles. The minimum atomic E-state index is -0.292. The topological polar surface area (TPSA) is 29.5 Å². The van der Waals surface area contributed by atoms with Gasteiger partial charge >= 0.3 is 0 Å². The summed E-state index contributed by atoms with van der Waals surface area (Å²) in [6.45, 7) is 10.9. The van der Waals surface area contributed by atoms with Crippen LogP contribution < -0.4 is 0 Å². The van der Waals surface area contributed by atoms with Crippen molar-refractivity contribution in [2.24, 2.45) is 5.41 Å². The molecule has 0 fully saturated rings. The molecule has 0 bridgehead atoms. The normalized spacial score (nSPS) is 29.5. The van der Waals surface area contributed by atoms with E-state index in [0.29, 0.717) is 0 Å². The van der Waals surface area contributed by atoms with Gasteiger partial charge in [-0.05, 0) is 32.1 Å². The van der Waals surface area contributed by atoms with Crippen molar-refractivity contribution in [1.82, 2.24) is 0 Å². The molecule has 0 radical (unpaired) electrons. The molecule has 0 aromatic heterocycles. The van der Waals surface area contributed by atoms with Crippen molar-refractivity contribution in [2.75, 3.05) is 0 Å². The molecule has 2 heteroatoms. The van der Waals surface area contributed by atoms with Gasteiger partial charge in [0.2, 0.25) is 0 Å². The van der Waals surface area contributed by atoms with Crippen LogP contribution in [0, 0.1) is 5.41 Å². The Labute approximate surface area is 106 Å². The van der Waals surface area contributed by atoms with Gasteiger partial charge < -0.3 is 9.84 Å².